The number of carboxylic acids is 1. The van der Waals surface area contributed by atoms with Crippen LogP contribution in [0.15, 0.2) is 12.3 Å². The van der Waals surface area contributed by atoms with Crippen LogP contribution in [0.1, 0.15) is 38.2 Å². The van der Waals surface area contributed by atoms with E-state index < -0.39 is 5.97 Å². The van der Waals surface area contributed by atoms with Gasteiger partial charge in [0, 0.05) is 23.9 Å². The third-order valence-corrected chi connectivity index (χ3v) is 3.40. The van der Waals surface area contributed by atoms with Crippen LogP contribution >= 0.6 is 11.6 Å². The van der Waals surface area contributed by atoms with Crippen LogP contribution in [-0.2, 0) is 4.79 Å². The van der Waals surface area contributed by atoms with Crippen molar-refractivity contribution in [3.05, 3.63) is 23.1 Å². The van der Waals surface area contributed by atoms with Gasteiger partial charge in [0.1, 0.15) is 5.82 Å². The average Bonchev–Trinajstić information content (AvgIpc) is 2.80. The summed E-state index contributed by atoms with van der Waals surface area (Å²) in [6.07, 6.45) is 7.31. The summed E-state index contributed by atoms with van der Waals surface area (Å²) >= 11 is 5.81. The first-order valence-electron chi connectivity index (χ1n) is 6.27. The lowest BCUT2D eigenvalue weighted by Crippen LogP contribution is -2.17. The SMILES string of the molecule is C/C(=C\C(=O)O)c1cnc(Cl)nc1NC1CCCC1. The van der Waals surface area contributed by atoms with Crippen LogP contribution in [0.25, 0.3) is 5.57 Å². The van der Waals surface area contributed by atoms with Crippen LogP contribution in [0, 0.1) is 0 Å². The molecule has 0 atom stereocenters. The highest BCUT2D eigenvalue weighted by atomic mass is 35.5. The number of hydrogen-bond acceptors (Lipinski definition) is 4. The van der Waals surface area contributed by atoms with Gasteiger partial charge in [-0.05, 0) is 36.9 Å². The summed E-state index contributed by atoms with van der Waals surface area (Å²) in [4.78, 5) is 18.8. The second kappa shape index (κ2) is 6.02. The van der Waals surface area contributed by atoms with Crippen molar-refractivity contribution in [2.24, 2.45) is 0 Å². The van der Waals surface area contributed by atoms with Crippen molar-refractivity contribution >= 4 is 29.0 Å². The van der Waals surface area contributed by atoms with Crippen LogP contribution in [0.2, 0.25) is 5.28 Å². The zero-order valence-electron chi connectivity index (χ0n) is 10.7. The highest BCUT2D eigenvalue weighted by Gasteiger charge is 2.18. The van der Waals surface area contributed by atoms with E-state index in [4.69, 9.17) is 16.7 Å². The van der Waals surface area contributed by atoms with Gasteiger partial charge in [0.2, 0.25) is 5.28 Å². The number of nitrogens with one attached hydrogen (secondary N) is 1. The first-order chi connectivity index (χ1) is 9.06. The van der Waals surface area contributed by atoms with E-state index in [1.165, 1.54) is 12.8 Å². The molecule has 2 N–H and O–H groups in total. The van der Waals surface area contributed by atoms with Gasteiger partial charge < -0.3 is 10.4 Å². The number of allylic oxidation sites excluding steroid dienone is 1. The maximum absolute atomic E-state index is 10.7. The van der Waals surface area contributed by atoms with E-state index in [0.717, 1.165) is 18.9 Å². The summed E-state index contributed by atoms with van der Waals surface area (Å²) in [6.45, 7) is 1.72. The minimum atomic E-state index is -0.987. The van der Waals surface area contributed by atoms with E-state index in [0.29, 0.717) is 23.0 Å². The molecule has 0 amide bonds. The number of anilines is 1. The van der Waals surface area contributed by atoms with Gasteiger partial charge in [-0.1, -0.05) is 12.8 Å². The van der Waals surface area contributed by atoms with Gasteiger partial charge in [-0.3, -0.25) is 0 Å². The number of aliphatic carboxylic acids is 1. The van der Waals surface area contributed by atoms with E-state index in [-0.39, 0.29) is 5.28 Å². The van der Waals surface area contributed by atoms with Gasteiger partial charge in [0.25, 0.3) is 0 Å². The largest absolute Gasteiger partial charge is 0.478 e. The number of nitrogens with zero attached hydrogens (tertiary/aromatic N) is 2. The molecule has 1 aliphatic carbocycles. The molecule has 0 radical (unpaired) electrons. The molecular weight excluding hydrogens is 266 g/mol. The molecule has 6 heteroatoms. The molecular formula is C13H16ClN3O2. The molecule has 102 valence electrons. The molecule has 19 heavy (non-hydrogen) atoms. The Labute approximate surface area is 116 Å². The van der Waals surface area contributed by atoms with E-state index >= 15 is 0 Å². The maximum atomic E-state index is 10.7. The molecule has 0 unspecified atom stereocenters. The molecule has 5 nitrogen and oxygen atoms in total. The summed E-state index contributed by atoms with van der Waals surface area (Å²) < 4.78 is 0. The second-order valence-corrected chi connectivity index (χ2v) is 5.03. The Morgan fingerprint density at radius 1 is 1.53 bits per heavy atom. The van der Waals surface area contributed by atoms with Crippen molar-refractivity contribution in [3.63, 3.8) is 0 Å². The molecule has 0 bridgehead atoms. The van der Waals surface area contributed by atoms with E-state index in [9.17, 15) is 4.79 Å². The van der Waals surface area contributed by atoms with Crippen molar-refractivity contribution in [3.8, 4) is 0 Å². The number of carbonyl (C=O) groups is 1. The zero-order chi connectivity index (χ0) is 13.8. The predicted molar refractivity (Wildman–Crippen MR) is 74.2 cm³/mol. The van der Waals surface area contributed by atoms with E-state index in [1.54, 1.807) is 13.1 Å². The fourth-order valence-corrected chi connectivity index (χ4v) is 2.42. The third-order valence-electron chi connectivity index (χ3n) is 3.22. The van der Waals surface area contributed by atoms with Crippen LogP contribution in [-0.4, -0.2) is 27.1 Å². The second-order valence-electron chi connectivity index (χ2n) is 4.69. The van der Waals surface area contributed by atoms with Crippen LogP contribution < -0.4 is 5.32 Å². The number of hydrogen-bond donors (Lipinski definition) is 2. The Hall–Kier alpha value is -1.62. The zero-order valence-corrected chi connectivity index (χ0v) is 11.4. The Morgan fingerprint density at radius 2 is 2.21 bits per heavy atom. The quantitative estimate of drug-likeness (QED) is 0.655. The smallest absolute Gasteiger partial charge is 0.328 e. The summed E-state index contributed by atoms with van der Waals surface area (Å²) in [5.74, 6) is -0.374. The molecule has 0 saturated heterocycles. The van der Waals surface area contributed by atoms with Crippen LogP contribution in [0.3, 0.4) is 0 Å². The molecule has 1 aromatic heterocycles. The number of carboxylic acid groups (broad SMARTS) is 1. The molecule has 0 aliphatic heterocycles. The van der Waals surface area contributed by atoms with Crippen LogP contribution in [0.4, 0.5) is 5.82 Å². The lowest BCUT2D eigenvalue weighted by atomic mass is 10.1. The Balaban J connectivity index is 2.29. The highest BCUT2D eigenvalue weighted by molar-refractivity contribution is 6.28. The monoisotopic (exact) mass is 281 g/mol. The van der Waals surface area contributed by atoms with Crippen molar-refractivity contribution in [2.75, 3.05) is 5.32 Å². The van der Waals surface area contributed by atoms with Gasteiger partial charge in [0.05, 0.1) is 0 Å². The summed E-state index contributed by atoms with van der Waals surface area (Å²) in [7, 11) is 0. The predicted octanol–water partition coefficient (Wildman–Crippen LogP) is 2.97. The molecule has 1 aliphatic rings. The normalized spacial score (nSPS) is 16.6. The van der Waals surface area contributed by atoms with Gasteiger partial charge in [-0.15, -0.1) is 0 Å². The summed E-state index contributed by atoms with van der Waals surface area (Å²) in [5, 5.41) is 12.3. The summed E-state index contributed by atoms with van der Waals surface area (Å²) in [5.41, 5.74) is 1.28. The van der Waals surface area contributed by atoms with Crippen molar-refractivity contribution in [2.45, 2.75) is 38.6 Å². The van der Waals surface area contributed by atoms with Gasteiger partial charge >= 0.3 is 5.97 Å². The van der Waals surface area contributed by atoms with Gasteiger partial charge in [-0.25, -0.2) is 14.8 Å². The van der Waals surface area contributed by atoms with Gasteiger partial charge in [0.15, 0.2) is 0 Å². The molecule has 1 heterocycles. The topological polar surface area (TPSA) is 75.1 Å². The molecule has 0 aromatic carbocycles. The lowest BCUT2D eigenvalue weighted by Gasteiger charge is -2.16. The Bertz CT molecular complexity index is 511. The first kappa shape index (κ1) is 13.8. The molecule has 2 rings (SSSR count). The third kappa shape index (κ3) is 3.67. The lowest BCUT2D eigenvalue weighted by molar-refractivity contribution is -0.131. The van der Waals surface area contributed by atoms with Crippen molar-refractivity contribution in [1.29, 1.82) is 0 Å². The standard InChI is InChI=1S/C13H16ClN3O2/c1-8(6-11(18)19)10-7-15-13(14)17-12(10)16-9-4-2-3-5-9/h6-7,9H,2-5H2,1H3,(H,18,19)(H,15,16,17)/b8-6+. The number of halogens is 1. The van der Waals surface area contributed by atoms with Gasteiger partial charge in [-0.2, -0.15) is 0 Å². The number of aromatic nitrogens is 2. The number of rotatable bonds is 4. The molecule has 0 spiro atoms. The fourth-order valence-electron chi connectivity index (χ4n) is 2.29. The molecule has 1 saturated carbocycles. The van der Waals surface area contributed by atoms with Crippen molar-refractivity contribution < 1.29 is 9.90 Å². The Kier molecular flexibility index (Phi) is 4.37. The van der Waals surface area contributed by atoms with Crippen LogP contribution in [0.5, 0.6) is 0 Å². The van der Waals surface area contributed by atoms with E-state index in [2.05, 4.69) is 15.3 Å². The fraction of sp³-hybridized carbons (Fsp3) is 0.462. The average molecular weight is 282 g/mol. The highest BCUT2D eigenvalue weighted by Crippen LogP contribution is 2.27. The molecule has 1 aromatic rings. The van der Waals surface area contributed by atoms with Crippen molar-refractivity contribution in [1.82, 2.24) is 9.97 Å². The minimum Gasteiger partial charge on any atom is -0.478 e. The first-order valence-corrected chi connectivity index (χ1v) is 6.64. The summed E-state index contributed by atoms with van der Waals surface area (Å²) in [6, 6.07) is 0.377. The Morgan fingerprint density at radius 3 is 2.84 bits per heavy atom. The maximum Gasteiger partial charge on any atom is 0.328 e. The molecule has 1 fully saturated rings. The van der Waals surface area contributed by atoms with E-state index in [1.807, 2.05) is 0 Å². The minimum absolute atomic E-state index is 0.160.